The van der Waals surface area contributed by atoms with Gasteiger partial charge in [0.05, 0.1) is 36.8 Å². The van der Waals surface area contributed by atoms with Crippen LogP contribution in [0.5, 0.6) is 0 Å². The van der Waals surface area contributed by atoms with E-state index >= 15 is 0 Å². The van der Waals surface area contributed by atoms with Gasteiger partial charge < -0.3 is 9.15 Å². The molecule has 25 heavy (non-hydrogen) atoms. The minimum Gasteiger partial charge on any atom is -0.469 e. The number of ether oxygens (including phenoxy) is 1. The van der Waals surface area contributed by atoms with E-state index < -0.39 is 0 Å². The van der Waals surface area contributed by atoms with Gasteiger partial charge in [-0.05, 0) is 25.5 Å². The zero-order valence-corrected chi connectivity index (χ0v) is 14.6. The third-order valence-corrected chi connectivity index (χ3v) is 4.36. The fourth-order valence-corrected chi connectivity index (χ4v) is 3.07. The van der Waals surface area contributed by atoms with Crippen molar-refractivity contribution in [1.29, 1.82) is 0 Å². The Morgan fingerprint density at radius 3 is 2.56 bits per heavy atom. The number of morpholine rings is 1. The normalized spacial score (nSPS) is 17.3. The van der Waals surface area contributed by atoms with Gasteiger partial charge in [-0.3, -0.25) is 9.69 Å². The Hall–Kier alpha value is -2.44. The molecule has 2 heterocycles. The Morgan fingerprint density at radius 1 is 1.20 bits per heavy atom. The standard InChI is InChI=1S/C19H23N3O3/c1-14(20-21-19(23)17-8-11-25-15(17)2)18(16-6-4-3-5-7-16)22-9-12-24-13-10-22/h3-8,11,18H,9-10,12-13H2,1-2H3,(H,21,23). The number of amides is 1. The number of benzene rings is 1. The molecule has 6 heteroatoms. The summed E-state index contributed by atoms with van der Waals surface area (Å²) in [6.45, 7) is 6.78. The topological polar surface area (TPSA) is 67.1 Å². The molecule has 1 amide bonds. The van der Waals surface area contributed by atoms with Crippen molar-refractivity contribution in [3.63, 3.8) is 0 Å². The highest BCUT2D eigenvalue weighted by molar-refractivity contribution is 5.96. The van der Waals surface area contributed by atoms with Gasteiger partial charge >= 0.3 is 0 Å². The van der Waals surface area contributed by atoms with Crippen LogP contribution in [0.4, 0.5) is 0 Å². The number of nitrogens with one attached hydrogen (secondary N) is 1. The molecule has 1 N–H and O–H groups in total. The lowest BCUT2D eigenvalue weighted by molar-refractivity contribution is 0.0285. The van der Waals surface area contributed by atoms with Crippen LogP contribution in [-0.2, 0) is 4.74 Å². The summed E-state index contributed by atoms with van der Waals surface area (Å²) >= 11 is 0. The molecule has 6 nitrogen and oxygen atoms in total. The first-order valence-electron chi connectivity index (χ1n) is 8.42. The number of carbonyl (C=O) groups excluding carboxylic acids is 1. The highest BCUT2D eigenvalue weighted by atomic mass is 16.5. The summed E-state index contributed by atoms with van der Waals surface area (Å²) in [7, 11) is 0. The second kappa shape index (κ2) is 8.09. The lowest BCUT2D eigenvalue weighted by atomic mass is 10.0. The van der Waals surface area contributed by atoms with Crippen LogP contribution in [0.25, 0.3) is 0 Å². The van der Waals surface area contributed by atoms with E-state index in [0.29, 0.717) is 24.5 Å². The van der Waals surface area contributed by atoms with E-state index in [2.05, 4.69) is 27.6 Å². The van der Waals surface area contributed by atoms with E-state index in [1.165, 1.54) is 6.26 Å². The molecule has 0 radical (unpaired) electrons. The van der Waals surface area contributed by atoms with Crippen molar-refractivity contribution in [3.05, 3.63) is 59.5 Å². The summed E-state index contributed by atoms with van der Waals surface area (Å²) in [5.41, 5.74) is 5.13. The Labute approximate surface area is 147 Å². The highest BCUT2D eigenvalue weighted by Gasteiger charge is 2.25. The van der Waals surface area contributed by atoms with E-state index in [1.807, 2.05) is 25.1 Å². The number of hydrogen-bond acceptors (Lipinski definition) is 5. The van der Waals surface area contributed by atoms with Crippen LogP contribution < -0.4 is 5.43 Å². The highest BCUT2D eigenvalue weighted by Crippen LogP contribution is 2.23. The summed E-state index contributed by atoms with van der Waals surface area (Å²) in [6, 6.07) is 11.9. The van der Waals surface area contributed by atoms with Gasteiger partial charge in [-0.1, -0.05) is 30.3 Å². The summed E-state index contributed by atoms with van der Waals surface area (Å²) < 4.78 is 10.6. The van der Waals surface area contributed by atoms with Gasteiger partial charge in [-0.25, -0.2) is 5.43 Å². The molecular weight excluding hydrogens is 318 g/mol. The monoisotopic (exact) mass is 341 g/mol. The predicted molar refractivity (Wildman–Crippen MR) is 95.6 cm³/mol. The van der Waals surface area contributed by atoms with Gasteiger partial charge in [-0.2, -0.15) is 5.10 Å². The molecule has 0 saturated carbocycles. The second-order valence-corrected chi connectivity index (χ2v) is 6.05. The zero-order chi connectivity index (χ0) is 17.6. The fourth-order valence-electron chi connectivity index (χ4n) is 3.07. The number of nitrogens with zero attached hydrogens (tertiary/aromatic N) is 2. The van der Waals surface area contributed by atoms with Crippen LogP contribution in [0.2, 0.25) is 0 Å². The van der Waals surface area contributed by atoms with E-state index in [4.69, 9.17) is 9.15 Å². The minimum absolute atomic E-state index is 0.0100. The number of carbonyl (C=O) groups is 1. The summed E-state index contributed by atoms with van der Waals surface area (Å²) in [4.78, 5) is 14.6. The second-order valence-electron chi connectivity index (χ2n) is 6.05. The minimum atomic E-state index is -0.264. The Balaban J connectivity index is 1.79. The van der Waals surface area contributed by atoms with E-state index in [1.54, 1.807) is 13.0 Å². The Morgan fingerprint density at radius 2 is 1.92 bits per heavy atom. The number of aryl methyl sites for hydroxylation is 1. The first kappa shape index (κ1) is 17.4. The van der Waals surface area contributed by atoms with Crippen molar-refractivity contribution in [2.45, 2.75) is 19.9 Å². The molecule has 1 saturated heterocycles. The van der Waals surface area contributed by atoms with Crippen molar-refractivity contribution in [2.75, 3.05) is 26.3 Å². The van der Waals surface area contributed by atoms with Gasteiger partial charge in [0.2, 0.25) is 0 Å². The van der Waals surface area contributed by atoms with Gasteiger partial charge in [-0.15, -0.1) is 0 Å². The predicted octanol–water partition coefficient (Wildman–Crippen LogP) is 2.77. The van der Waals surface area contributed by atoms with Crippen LogP contribution in [0.15, 0.2) is 52.2 Å². The zero-order valence-electron chi connectivity index (χ0n) is 14.6. The third kappa shape index (κ3) is 4.15. The summed E-state index contributed by atoms with van der Waals surface area (Å²) in [6.07, 6.45) is 1.50. The molecule has 0 spiro atoms. The average molecular weight is 341 g/mol. The van der Waals surface area contributed by atoms with Gasteiger partial charge in [0.25, 0.3) is 5.91 Å². The van der Waals surface area contributed by atoms with E-state index in [0.717, 1.165) is 24.4 Å². The first-order valence-corrected chi connectivity index (χ1v) is 8.42. The molecule has 132 valence electrons. The maximum Gasteiger partial charge on any atom is 0.274 e. The van der Waals surface area contributed by atoms with Crippen LogP contribution in [0.1, 0.15) is 34.6 Å². The Kier molecular flexibility index (Phi) is 5.63. The van der Waals surface area contributed by atoms with Crippen molar-refractivity contribution in [1.82, 2.24) is 10.3 Å². The van der Waals surface area contributed by atoms with Gasteiger partial charge in [0, 0.05) is 13.1 Å². The molecule has 1 aromatic carbocycles. The van der Waals surface area contributed by atoms with Crippen LogP contribution >= 0.6 is 0 Å². The molecule has 0 aliphatic carbocycles. The molecule has 1 aliphatic rings. The maximum atomic E-state index is 12.3. The molecule has 1 unspecified atom stereocenters. The van der Waals surface area contributed by atoms with Crippen LogP contribution in [-0.4, -0.2) is 42.8 Å². The van der Waals surface area contributed by atoms with Crippen molar-refractivity contribution in [3.8, 4) is 0 Å². The first-order chi connectivity index (χ1) is 12.2. The molecule has 3 rings (SSSR count). The number of hydrazone groups is 1. The number of rotatable bonds is 5. The smallest absolute Gasteiger partial charge is 0.274 e. The molecule has 1 fully saturated rings. The molecule has 2 aromatic rings. The SMILES string of the molecule is CC(=NNC(=O)c1ccoc1C)C(c1ccccc1)N1CCOCC1. The number of hydrogen-bond donors (Lipinski definition) is 1. The third-order valence-electron chi connectivity index (χ3n) is 4.36. The lowest BCUT2D eigenvalue weighted by Crippen LogP contribution is -2.42. The molecule has 1 atom stereocenters. The molecule has 0 bridgehead atoms. The van der Waals surface area contributed by atoms with Crippen LogP contribution in [0.3, 0.4) is 0 Å². The summed E-state index contributed by atoms with van der Waals surface area (Å²) in [5, 5.41) is 4.37. The lowest BCUT2D eigenvalue weighted by Gasteiger charge is -2.34. The van der Waals surface area contributed by atoms with Crippen molar-refractivity contribution < 1.29 is 13.9 Å². The van der Waals surface area contributed by atoms with E-state index in [-0.39, 0.29) is 11.9 Å². The largest absolute Gasteiger partial charge is 0.469 e. The van der Waals surface area contributed by atoms with Crippen molar-refractivity contribution >= 4 is 11.6 Å². The van der Waals surface area contributed by atoms with Gasteiger partial charge in [0.1, 0.15) is 5.76 Å². The summed E-state index contributed by atoms with van der Waals surface area (Å²) in [5.74, 6) is 0.317. The average Bonchev–Trinajstić information content (AvgIpc) is 3.08. The molecular formula is C19H23N3O3. The van der Waals surface area contributed by atoms with E-state index in [9.17, 15) is 4.79 Å². The maximum absolute atomic E-state index is 12.3. The number of furan rings is 1. The molecule has 1 aromatic heterocycles. The van der Waals surface area contributed by atoms with Gasteiger partial charge in [0.15, 0.2) is 0 Å². The fraction of sp³-hybridized carbons (Fsp3) is 0.368. The Bertz CT molecular complexity index is 733. The molecule has 1 aliphatic heterocycles. The quantitative estimate of drug-likeness (QED) is 0.671. The van der Waals surface area contributed by atoms with Crippen molar-refractivity contribution in [2.24, 2.45) is 5.10 Å². The van der Waals surface area contributed by atoms with Crippen LogP contribution in [0, 0.1) is 6.92 Å².